The lowest BCUT2D eigenvalue weighted by Gasteiger charge is -2.29. The standard InChI is InChI=1S/C17H14BrN3/c1-11-10-16-14-4-2-3-5-15(14)19-17(21(16)20-11)12-6-8-13(18)9-7-12/h2-10,17,19H,1H3. The maximum absolute atomic E-state index is 4.67. The highest BCUT2D eigenvalue weighted by molar-refractivity contribution is 9.10. The summed E-state index contributed by atoms with van der Waals surface area (Å²) in [6.07, 6.45) is 0.0247. The Balaban J connectivity index is 1.89. The summed E-state index contributed by atoms with van der Waals surface area (Å²) in [7, 11) is 0. The van der Waals surface area contributed by atoms with Gasteiger partial charge in [0, 0.05) is 15.7 Å². The molecule has 4 rings (SSSR count). The van der Waals surface area contributed by atoms with Crippen LogP contribution >= 0.6 is 15.9 Å². The number of para-hydroxylation sites is 1. The summed E-state index contributed by atoms with van der Waals surface area (Å²) in [4.78, 5) is 0. The zero-order valence-electron chi connectivity index (χ0n) is 11.5. The van der Waals surface area contributed by atoms with E-state index >= 15 is 0 Å². The second-order valence-electron chi connectivity index (χ2n) is 5.26. The minimum absolute atomic E-state index is 0.0247. The molecule has 4 heteroatoms. The molecule has 3 nitrogen and oxygen atoms in total. The molecule has 1 aliphatic heterocycles. The number of hydrogen-bond acceptors (Lipinski definition) is 2. The van der Waals surface area contributed by atoms with Crippen LogP contribution in [0.4, 0.5) is 5.69 Å². The van der Waals surface area contributed by atoms with Gasteiger partial charge in [-0.05, 0) is 36.8 Å². The number of aromatic nitrogens is 2. The average Bonchev–Trinajstić information content (AvgIpc) is 2.89. The number of nitrogens with zero attached hydrogens (tertiary/aromatic N) is 2. The van der Waals surface area contributed by atoms with Crippen LogP contribution in [0, 0.1) is 6.92 Å². The molecule has 0 fully saturated rings. The monoisotopic (exact) mass is 339 g/mol. The number of rotatable bonds is 1. The van der Waals surface area contributed by atoms with E-state index < -0.39 is 0 Å². The van der Waals surface area contributed by atoms with Crippen molar-refractivity contribution in [2.45, 2.75) is 13.1 Å². The molecule has 0 amide bonds. The van der Waals surface area contributed by atoms with Crippen molar-refractivity contribution in [2.24, 2.45) is 0 Å². The van der Waals surface area contributed by atoms with Crippen molar-refractivity contribution in [3.8, 4) is 11.3 Å². The van der Waals surface area contributed by atoms with Crippen LogP contribution < -0.4 is 5.32 Å². The SMILES string of the molecule is Cc1cc2n(n1)C(c1ccc(Br)cc1)Nc1ccccc1-2. The lowest BCUT2D eigenvalue weighted by Crippen LogP contribution is -2.25. The van der Waals surface area contributed by atoms with E-state index in [0.29, 0.717) is 0 Å². The molecule has 2 heterocycles. The Morgan fingerprint density at radius 2 is 1.86 bits per heavy atom. The highest BCUT2D eigenvalue weighted by atomic mass is 79.9. The van der Waals surface area contributed by atoms with Crippen LogP contribution in [-0.4, -0.2) is 9.78 Å². The maximum atomic E-state index is 4.67. The molecule has 0 aliphatic carbocycles. The van der Waals surface area contributed by atoms with E-state index in [2.05, 4.69) is 85.6 Å². The zero-order chi connectivity index (χ0) is 14.4. The Morgan fingerprint density at radius 3 is 2.67 bits per heavy atom. The molecule has 104 valence electrons. The van der Waals surface area contributed by atoms with Gasteiger partial charge in [0.15, 0.2) is 0 Å². The van der Waals surface area contributed by atoms with Gasteiger partial charge in [-0.1, -0.05) is 46.3 Å². The molecule has 1 N–H and O–H groups in total. The Morgan fingerprint density at radius 1 is 1.10 bits per heavy atom. The fraction of sp³-hybridized carbons (Fsp3) is 0.118. The van der Waals surface area contributed by atoms with Crippen molar-refractivity contribution in [3.05, 3.63) is 70.3 Å². The Kier molecular flexibility index (Phi) is 2.86. The summed E-state index contributed by atoms with van der Waals surface area (Å²) in [5, 5.41) is 8.26. The lowest BCUT2D eigenvalue weighted by atomic mass is 10.0. The Labute approximate surface area is 131 Å². The fourth-order valence-electron chi connectivity index (χ4n) is 2.83. The zero-order valence-corrected chi connectivity index (χ0v) is 13.1. The van der Waals surface area contributed by atoms with Gasteiger partial charge in [0.25, 0.3) is 0 Å². The quantitative estimate of drug-likeness (QED) is 0.702. The predicted molar refractivity (Wildman–Crippen MR) is 88.3 cm³/mol. The lowest BCUT2D eigenvalue weighted by molar-refractivity contribution is 0.571. The van der Waals surface area contributed by atoms with Crippen molar-refractivity contribution in [2.75, 3.05) is 5.32 Å². The molecule has 1 unspecified atom stereocenters. The Hall–Kier alpha value is -2.07. The summed E-state index contributed by atoms with van der Waals surface area (Å²) in [6.45, 7) is 2.03. The van der Waals surface area contributed by atoms with Gasteiger partial charge in [0.1, 0.15) is 6.17 Å². The largest absolute Gasteiger partial charge is 0.359 e. The van der Waals surface area contributed by atoms with Gasteiger partial charge >= 0.3 is 0 Å². The molecule has 0 spiro atoms. The van der Waals surface area contributed by atoms with Crippen molar-refractivity contribution in [1.29, 1.82) is 0 Å². The molecule has 0 saturated carbocycles. The van der Waals surface area contributed by atoms with Gasteiger partial charge in [-0.15, -0.1) is 0 Å². The molecule has 0 radical (unpaired) electrons. The van der Waals surface area contributed by atoms with E-state index in [-0.39, 0.29) is 6.17 Å². The average molecular weight is 340 g/mol. The first-order valence-corrected chi connectivity index (χ1v) is 7.69. The van der Waals surface area contributed by atoms with Crippen molar-refractivity contribution in [1.82, 2.24) is 9.78 Å². The third kappa shape index (κ3) is 2.07. The first kappa shape index (κ1) is 12.7. The van der Waals surface area contributed by atoms with Crippen LogP contribution in [0.15, 0.2) is 59.1 Å². The van der Waals surface area contributed by atoms with Crippen LogP contribution in [0.5, 0.6) is 0 Å². The van der Waals surface area contributed by atoms with Crippen LogP contribution in [-0.2, 0) is 0 Å². The molecular formula is C17H14BrN3. The topological polar surface area (TPSA) is 29.9 Å². The molecular weight excluding hydrogens is 326 g/mol. The number of halogens is 1. The fourth-order valence-corrected chi connectivity index (χ4v) is 3.09. The minimum atomic E-state index is 0.0247. The molecule has 21 heavy (non-hydrogen) atoms. The van der Waals surface area contributed by atoms with E-state index in [9.17, 15) is 0 Å². The van der Waals surface area contributed by atoms with Gasteiger partial charge in [-0.3, -0.25) is 0 Å². The van der Waals surface area contributed by atoms with E-state index in [1.165, 1.54) is 11.1 Å². The summed E-state index contributed by atoms with van der Waals surface area (Å²) in [6, 6.07) is 18.9. The van der Waals surface area contributed by atoms with Crippen molar-refractivity contribution in [3.63, 3.8) is 0 Å². The van der Waals surface area contributed by atoms with Gasteiger partial charge in [0.05, 0.1) is 11.4 Å². The number of nitrogens with one attached hydrogen (secondary N) is 1. The van der Waals surface area contributed by atoms with E-state index in [0.717, 1.165) is 21.5 Å². The highest BCUT2D eigenvalue weighted by Gasteiger charge is 2.25. The first-order valence-electron chi connectivity index (χ1n) is 6.90. The molecule has 1 atom stereocenters. The molecule has 2 aromatic carbocycles. The summed E-state index contributed by atoms with van der Waals surface area (Å²) >= 11 is 3.49. The smallest absolute Gasteiger partial charge is 0.147 e. The normalized spacial score (nSPS) is 16.0. The number of benzene rings is 2. The van der Waals surface area contributed by atoms with E-state index in [1.54, 1.807) is 0 Å². The van der Waals surface area contributed by atoms with Crippen molar-refractivity contribution >= 4 is 21.6 Å². The van der Waals surface area contributed by atoms with Crippen molar-refractivity contribution < 1.29 is 0 Å². The number of hydrogen-bond donors (Lipinski definition) is 1. The van der Waals surface area contributed by atoms with Crippen LogP contribution in [0.25, 0.3) is 11.3 Å². The van der Waals surface area contributed by atoms with Gasteiger partial charge in [0.2, 0.25) is 0 Å². The molecule has 0 saturated heterocycles. The minimum Gasteiger partial charge on any atom is -0.359 e. The van der Waals surface area contributed by atoms with Gasteiger partial charge in [-0.25, -0.2) is 4.68 Å². The molecule has 1 aromatic heterocycles. The summed E-state index contributed by atoms with van der Waals surface area (Å²) < 4.78 is 3.15. The molecule has 1 aliphatic rings. The van der Waals surface area contributed by atoms with E-state index in [4.69, 9.17) is 0 Å². The number of aryl methyl sites for hydroxylation is 1. The molecule has 3 aromatic rings. The van der Waals surface area contributed by atoms with Gasteiger partial charge in [-0.2, -0.15) is 5.10 Å². The third-order valence-corrected chi connectivity index (χ3v) is 4.31. The number of anilines is 1. The summed E-state index contributed by atoms with van der Waals surface area (Å²) in [5.74, 6) is 0. The highest BCUT2D eigenvalue weighted by Crippen LogP contribution is 2.38. The third-order valence-electron chi connectivity index (χ3n) is 3.78. The number of fused-ring (bicyclic) bond motifs is 3. The summed E-state index contributed by atoms with van der Waals surface area (Å²) in [5.41, 5.74) is 5.74. The van der Waals surface area contributed by atoms with Gasteiger partial charge < -0.3 is 5.32 Å². The van der Waals surface area contributed by atoms with Crippen LogP contribution in [0.2, 0.25) is 0 Å². The Bertz CT molecular complexity index is 805. The maximum Gasteiger partial charge on any atom is 0.147 e. The molecule has 0 bridgehead atoms. The second kappa shape index (κ2) is 4.74. The van der Waals surface area contributed by atoms with Crippen LogP contribution in [0.1, 0.15) is 17.4 Å². The van der Waals surface area contributed by atoms with E-state index in [1.807, 2.05) is 6.92 Å². The van der Waals surface area contributed by atoms with Crippen LogP contribution in [0.3, 0.4) is 0 Å². The predicted octanol–water partition coefficient (Wildman–Crippen LogP) is 4.59. The second-order valence-corrected chi connectivity index (χ2v) is 6.18. The first-order chi connectivity index (χ1) is 10.2.